The minimum absolute atomic E-state index is 0.221. The van der Waals surface area contributed by atoms with Gasteiger partial charge in [0.2, 0.25) is 5.95 Å². The van der Waals surface area contributed by atoms with E-state index in [0.29, 0.717) is 25.5 Å². The van der Waals surface area contributed by atoms with Gasteiger partial charge in [-0.1, -0.05) is 37.6 Å². The van der Waals surface area contributed by atoms with Gasteiger partial charge in [0, 0.05) is 19.3 Å². The summed E-state index contributed by atoms with van der Waals surface area (Å²) >= 11 is 0. The number of nitrogen functional groups attached to an aromatic ring is 1. The Kier molecular flexibility index (Phi) is 5.47. The summed E-state index contributed by atoms with van der Waals surface area (Å²) in [5.41, 5.74) is 18.3. The fourth-order valence-corrected chi connectivity index (χ4v) is 2.64. The molecule has 0 unspecified atom stereocenters. The van der Waals surface area contributed by atoms with Crippen LogP contribution < -0.4 is 16.9 Å². The molecule has 0 amide bonds. The molecule has 0 bridgehead atoms. The first-order chi connectivity index (χ1) is 12.2. The number of aromatic nitrogens is 3. The number of hydrogen-bond acceptors (Lipinski definition) is 6. The van der Waals surface area contributed by atoms with E-state index in [4.69, 9.17) is 16.3 Å². The lowest BCUT2D eigenvalue weighted by Crippen LogP contribution is -2.09. The summed E-state index contributed by atoms with van der Waals surface area (Å²) in [6.45, 7) is 3.97. The zero-order valence-corrected chi connectivity index (χ0v) is 14.4. The van der Waals surface area contributed by atoms with Crippen LogP contribution in [-0.4, -0.2) is 21.1 Å². The van der Waals surface area contributed by atoms with Gasteiger partial charge in [0.25, 0.3) is 0 Å². The average Bonchev–Trinajstić information content (AvgIpc) is 3.02. The van der Waals surface area contributed by atoms with E-state index in [1.165, 1.54) is 5.56 Å². The van der Waals surface area contributed by atoms with Crippen molar-refractivity contribution < 1.29 is 4.84 Å². The Morgan fingerprint density at radius 3 is 2.60 bits per heavy atom. The maximum absolute atomic E-state index is 5.81. The third-order valence-corrected chi connectivity index (χ3v) is 4.01. The number of nitrogens with zero attached hydrogens (tertiary/aromatic N) is 3. The zero-order chi connectivity index (χ0) is 17.6. The molecule has 5 N–H and O–H groups in total. The molecule has 0 fully saturated rings. The summed E-state index contributed by atoms with van der Waals surface area (Å²) in [6, 6.07) is 10.2. The topological polar surface area (TPSA) is 104 Å². The molecule has 7 nitrogen and oxygen atoms in total. The van der Waals surface area contributed by atoms with Crippen LogP contribution in [0.5, 0.6) is 0 Å². The molecule has 0 atom stereocenters. The van der Waals surface area contributed by atoms with Crippen LogP contribution in [0.15, 0.2) is 36.5 Å². The standard InChI is InChI=1S/C18H24N6O/c1-2-3-10-25-23-17-16-15(21-18(20)22-17)8-9-24(16)12-14-6-4-13(11-19)5-7-14/h4-9H,2-3,10-12,19H2,1H3,(H3,20,21,22,23). The number of nitrogens with two attached hydrogens (primary N) is 2. The first kappa shape index (κ1) is 17.2. The van der Waals surface area contributed by atoms with Crippen molar-refractivity contribution in [2.24, 2.45) is 5.73 Å². The summed E-state index contributed by atoms with van der Waals surface area (Å²) in [5.74, 6) is 0.807. The van der Waals surface area contributed by atoms with Crippen LogP contribution in [0.25, 0.3) is 11.0 Å². The van der Waals surface area contributed by atoms with Crippen LogP contribution in [0.3, 0.4) is 0 Å². The molecular formula is C18H24N6O. The van der Waals surface area contributed by atoms with Gasteiger partial charge in [-0.3, -0.25) is 4.84 Å². The maximum Gasteiger partial charge on any atom is 0.222 e. The smallest absolute Gasteiger partial charge is 0.222 e. The van der Waals surface area contributed by atoms with Gasteiger partial charge in [-0.15, -0.1) is 0 Å². The molecule has 3 aromatic rings. The van der Waals surface area contributed by atoms with Gasteiger partial charge >= 0.3 is 0 Å². The summed E-state index contributed by atoms with van der Waals surface area (Å²) in [7, 11) is 0. The van der Waals surface area contributed by atoms with Crippen LogP contribution in [0.4, 0.5) is 11.8 Å². The Hall–Kier alpha value is -2.64. The second-order valence-electron chi connectivity index (χ2n) is 5.93. The van der Waals surface area contributed by atoms with E-state index in [1.54, 1.807) is 0 Å². The number of unbranched alkanes of at least 4 members (excludes halogenated alkanes) is 1. The van der Waals surface area contributed by atoms with Crippen LogP contribution in [0, 0.1) is 0 Å². The van der Waals surface area contributed by atoms with E-state index < -0.39 is 0 Å². The SMILES string of the molecule is CCCCONc1nc(N)nc2ccn(Cc3ccc(CN)cc3)c12. The molecule has 0 saturated carbocycles. The molecule has 0 saturated heterocycles. The normalized spacial score (nSPS) is 11.1. The predicted octanol–water partition coefficient (Wildman–Crippen LogP) is 2.66. The van der Waals surface area contributed by atoms with Gasteiger partial charge in [0.05, 0.1) is 12.1 Å². The Morgan fingerprint density at radius 2 is 1.88 bits per heavy atom. The maximum atomic E-state index is 5.81. The van der Waals surface area contributed by atoms with Crippen LogP contribution in [0.2, 0.25) is 0 Å². The van der Waals surface area contributed by atoms with Crippen molar-refractivity contribution in [1.82, 2.24) is 14.5 Å². The van der Waals surface area contributed by atoms with Crippen molar-refractivity contribution in [3.63, 3.8) is 0 Å². The number of hydrogen-bond donors (Lipinski definition) is 3. The summed E-state index contributed by atoms with van der Waals surface area (Å²) < 4.78 is 2.08. The largest absolute Gasteiger partial charge is 0.368 e. The second-order valence-corrected chi connectivity index (χ2v) is 5.93. The van der Waals surface area contributed by atoms with Gasteiger partial charge in [0.1, 0.15) is 5.52 Å². The van der Waals surface area contributed by atoms with E-state index in [-0.39, 0.29) is 5.95 Å². The molecule has 25 heavy (non-hydrogen) atoms. The Labute approximate surface area is 147 Å². The first-order valence-electron chi connectivity index (χ1n) is 8.49. The molecule has 0 spiro atoms. The lowest BCUT2D eigenvalue weighted by Gasteiger charge is -2.11. The molecule has 0 aliphatic rings. The molecule has 0 aliphatic carbocycles. The van der Waals surface area contributed by atoms with E-state index in [2.05, 4.69) is 39.1 Å². The predicted molar refractivity (Wildman–Crippen MR) is 99.9 cm³/mol. The van der Waals surface area contributed by atoms with E-state index >= 15 is 0 Å². The summed E-state index contributed by atoms with van der Waals surface area (Å²) in [6.07, 6.45) is 4.02. The number of benzene rings is 1. The molecule has 0 radical (unpaired) electrons. The van der Waals surface area contributed by atoms with Crippen LogP contribution in [0.1, 0.15) is 30.9 Å². The number of fused-ring (bicyclic) bond motifs is 1. The molecule has 1 aromatic carbocycles. The van der Waals surface area contributed by atoms with E-state index in [9.17, 15) is 0 Å². The fraction of sp³-hybridized carbons (Fsp3) is 0.333. The fourth-order valence-electron chi connectivity index (χ4n) is 2.64. The van der Waals surface area contributed by atoms with E-state index in [0.717, 1.165) is 29.4 Å². The third kappa shape index (κ3) is 4.07. The van der Waals surface area contributed by atoms with Crippen molar-refractivity contribution >= 4 is 22.8 Å². The van der Waals surface area contributed by atoms with Crippen molar-refractivity contribution in [1.29, 1.82) is 0 Å². The first-order valence-corrected chi connectivity index (χ1v) is 8.49. The lowest BCUT2D eigenvalue weighted by atomic mass is 10.1. The van der Waals surface area contributed by atoms with Crippen molar-refractivity contribution in [2.75, 3.05) is 17.8 Å². The van der Waals surface area contributed by atoms with Crippen molar-refractivity contribution in [2.45, 2.75) is 32.9 Å². The van der Waals surface area contributed by atoms with Crippen molar-refractivity contribution in [3.8, 4) is 0 Å². The summed E-state index contributed by atoms with van der Waals surface area (Å²) in [4.78, 5) is 14.1. The molecule has 3 rings (SSSR count). The minimum Gasteiger partial charge on any atom is -0.368 e. The van der Waals surface area contributed by atoms with Crippen LogP contribution >= 0.6 is 0 Å². The molecular weight excluding hydrogens is 316 g/mol. The van der Waals surface area contributed by atoms with E-state index in [1.807, 2.05) is 24.4 Å². The molecule has 132 valence electrons. The molecule has 2 aromatic heterocycles. The van der Waals surface area contributed by atoms with Gasteiger partial charge < -0.3 is 16.0 Å². The summed E-state index contributed by atoms with van der Waals surface area (Å²) in [5, 5.41) is 0. The second kappa shape index (κ2) is 7.96. The zero-order valence-electron chi connectivity index (χ0n) is 14.4. The van der Waals surface area contributed by atoms with Gasteiger partial charge in [-0.2, -0.15) is 4.98 Å². The van der Waals surface area contributed by atoms with Gasteiger partial charge in [-0.05, 0) is 23.6 Å². The van der Waals surface area contributed by atoms with Gasteiger partial charge in [-0.25, -0.2) is 10.5 Å². The number of rotatable bonds is 8. The Balaban J connectivity index is 1.86. The molecule has 7 heteroatoms. The minimum atomic E-state index is 0.221. The Bertz CT molecular complexity index is 827. The Morgan fingerprint density at radius 1 is 1.12 bits per heavy atom. The lowest BCUT2D eigenvalue weighted by molar-refractivity contribution is 0.188. The number of nitrogens with one attached hydrogen (secondary N) is 1. The highest BCUT2D eigenvalue weighted by Gasteiger charge is 2.12. The molecule has 2 heterocycles. The highest BCUT2D eigenvalue weighted by molar-refractivity contribution is 5.87. The van der Waals surface area contributed by atoms with Crippen molar-refractivity contribution in [3.05, 3.63) is 47.7 Å². The highest BCUT2D eigenvalue weighted by Crippen LogP contribution is 2.23. The van der Waals surface area contributed by atoms with Gasteiger partial charge in [0.15, 0.2) is 5.82 Å². The highest BCUT2D eigenvalue weighted by atomic mass is 16.6. The average molecular weight is 340 g/mol. The third-order valence-electron chi connectivity index (χ3n) is 4.01. The molecule has 0 aliphatic heterocycles. The number of anilines is 2. The monoisotopic (exact) mass is 340 g/mol. The quantitative estimate of drug-likeness (QED) is 0.430. The van der Waals surface area contributed by atoms with Crippen LogP contribution in [-0.2, 0) is 17.9 Å².